The van der Waals surface area contributed by atoms with Crippen molar-refractivity contribution >= 4 is 0 Å². The molecule has 1 rings (SSSR count). The van der Waals surface area contributed by atoms with Gasteiger partial charge in [-0.25, -0.2) is 0 Å². The summed E-state index contributed by atoms with van der Waals surface area (Å²) in [5.41, 5.74) is 1.13. The maximum atomic E-state index is 8.82. The summed E-state index contributed by atoms with van der Waals surface area (Å²) in [5, 5.41) is 16.5. The van der Waals surface area contributed by atoms with Crippen molar-refractivity contribution < 1.29 is 9.84 Å². The van der Waals surface area contributed by atoms with Gasteiger partial charge in [0.15, 0.2) is 0 Å². The molecule has 1 heterocycles. The highest BCUT2D eigenvalue weighted by atomic mass is 16.5. The van der Waals surface area contributed by atoms with Crippen molar-refractivity contribution in [2.45, 2.75) is 39.9 Å². The van der Waals surface area contributed by atoms with Crippen molar-refractivity contribution in [2.24, 2.45) is 5.92 Å². The molecule has 0 aliphatic heterocycles. The number of hydrogen-bond acceptors (Lipinski definition) is 4. The Kier molecular flexibility index (Phi) is 6.93. The first-order chi connectivity index (χ1) is 8.67. The SMILES string of the molecule is CCOCC(NCc1cnn(CCO)c1)C(C)C. The van der Waals surface area contributed by atoms with Crippen LogP contribution in [0.5, 0.6) is 0 Å². The average Bonchev–Trinajstić information content (AvgIpc) is 2.77. The number of ether oxygens (including phenoxy) is 1. The standard InChI is InChI=1S/C13H25N3O2/c1-4-18-10-13(11(2)3)14-7-12-8-15-16(9-12)5-6-17/h8-9,11,13-14,17H,4-7,10H2,1-3H3. The van der Waals surface area contributed by atoms with Crippen molar-refractivity contribution in [3.8, 4) is 0 Å². The predicted octanol–water partition coefficient (Wildman–Crippen LogP) is 1.03. The van der Waals surface area contributed by atoms with E-state index in [0.29, 0.717) is 18.5 Å². The number of aliphatic hydroxyl groups is 1. The summed E-state index contributed by atoms with van der Waals surface area (Å²) >= 11 is 0. The van der Waals surface area contributed by atoms with Crippen LogP contribution in [-0.4, -0.2) is 40.7 Å². The fourth-order valence-electron chi connectivity index (χ4n) is 1.70. The fraction of sp³-hybridized carbons (Fsp3) is 0.769. The van der Waals surface area contributed by atoms with E-state index >= 15 is 0 Å². The van der Waals surface area contributed by atoms with Crippen LogP contribution in [0.3, 0.4) is 0 Å². The largest absolute Gasteiger partial charge is 0.394 e. The minimum atomic E-state index is 0.119. The molecule has 104 valence electrons. The fourth-order valence-corrected chi connectivity index (χ4v) is 1.70. The van der Waals surface area contributed by atoms with E-state index in [1.165, 1.54) is 0 Å². The van der Waals surface area contributed by atoms with Gasteiger partial charge in [-0.05, 0) is 12.8 Å². The zero-order valence-corrected chi connectivity index (χ0v) is 11.6. The number of aromatic nitrogens is 2. The summed E-state index contributed by atoms with van der Waals surface area (Å²) in [7, 11) is 0. The van der Waals surface area contributed by atoms with Crippen molar-refractivity contribution in [3.63, 3.8) is 0 Å². The molecule has 5 nitrogen and oxygen atoms in total. The maximum absolute atomic E-state index is 8.82. The quantitative estimate of drug-likeness (QED) is 0.692. The highest BCUT2D eigenvalue weighted by Crippen LogP contribution is 2.05. The molecule has 1 unspecified atom stereocenters. The van der Waals surface area contributed by atoms with Gasteiger partial charge >= 0.3 is 0 Å². The Morgan fingerprint density at radius 1 is 1.50 bits per heavy atom. The van der Waals surface area contributed by atoms with Crippen molar-refractivity contribution in [2.75, 3.05) is 19.8 Å². The normalized spacial score (nSPS) is 13.2. The third kappa shape index (κ3) is 5.16. The van der Waals surface area contributed by atoms with Gasteiger partial charge in [0, 0.05) is 31.0 Å². The van der Waals surface area contributed by atoms with Crippen LogP contribution in [0.25, 0.3) is 0 Å². The van der Waals surface area contributed by atoms with Gasteiger partial charge in [0.2, 0.25) is 0 Å². The molecule has 2 N–H and O–H groups in total. The molecule has 0 aromatic carbocycles. The van der Waals surface area contributed by atoms with Crippen LogP contribution in [0.2, 0.25) is 0 Å². The molecule has 0 fully saturated rings. The third-order valence-electron chi connectivity index (χ3n) is 2.89. The molecule has 0 aliphatic carbocycles. The van der Waals surface area contributed by atoms with Gasteiger partial charge in [0.05, 0.1) is 26.0 Å². The molecular weight excluding hydrogens is 230 g/mol. The van der Waals surface area contributed by atoms with Crippen LogP contribution in [0.1, 0.15) is 26.3 Å². The first-order valence-electron chi connectivity index (χ1n) is 6.60. The van der Waals surface area contributed by atoms with Gasteiger partial charge in [-0.3, -0.25) is 4.68 Å². The second-order valence-corrected chi connectivity index (χ2v) is 4.73. The number of rotatable bonds is 9. The van der Waals surface area contributed by atoms with Crippen LogP contribution < -0.4 is 5.32 Å². The van der Waals surface area contributed by atoms with E-state index in [9.17, 15) is 0 Å². The van der Waals surface area contributed by atoms with Crippen LogP contribution in [0.15, 0.2) is 12.4 Å². The predicted molar refractivity (Wildman–Crippen MR) is 71.3 cm³/mol. The Labute approximate surface area is 109 Å². The summed E-state index contributed by atoms with van der Waals surface area (Å²) in [6.45, 7) is 9.31. The zero-order valence-electron chi connectivity index (χ0n) is 11.6. The third-order valence-corrected chi connectivity index (χ3v) is 2.89. The smallest absolute Gasteiger partial charge is 0.0640 e. The van der Waals surface area contributed by atoms with Gasteiger partial charge in [0.1, 0.15) is 0 Å². The number of nitrogens with one attached hydrogen (secondary N) is 1. The molecular formula is C13H25N3O2. The molecule has 0 bridgehead atoms. The second-order valence-electron chi connectivity index (χ2n) is 4.73. The number of aliphatic hydroxyl groups excluding tert-OH is 1. The summed E-state index contributed by atoms with van der Waals surface area (Å²) < 4.78 is 7.23. The monoisotopic (exact) mass is 255 g/mol. The highest BCUT2D eigenvalue weighted by molar-refractivity contribution is 5.03. The first kappa shape index (κ1) is 15.1. The van der Waals surface area contributed by atoms with E-state index in [-0.39, 0.29) is 6.61 Å². The zero-order chi connectivity index (χ0) is 13.4. The molecule has 1 atom stereocenters. The molecule has 18 heavy (non-hydrogen) atoms. The first-order valence-corrected chi connectivity index (χ1v) is 6.60. The average molecular weight is 255 g/mol. The molecule has 0 aliphatic rings. The van der Waals surface area contributed by atoms with Crippen molar-refractivity contribution in [1.29, 1.82) is 0 Å². The minimum Gasteiger partial charge on any atom is -0.394 e. The molecule has 1 aromatic rings. The van der Waals surface area contributed by atoms with E-state index < -0.39 is 0 Å². The molecule has 0 radical (unpaired) electrons. The maximum Gasteiger partial charge on any atom is 0.0640 e. The molecule has 5 heteroatoms. The summed E-state index contributed by atoms with van der Waals surface area (Å²) in [4.78, 5) is 0. The Morgan fingerprint density at radius 3 is 2.89 bits per heavy atom. The lowest BCUT2D eigenvalue weighted by Crippen LogP contribution is -2.37. The summed E-state index contributed by atoms with van der Waals surface area (Å²) in [6.07, 6.45) is 3.79. The van der Waals surface area contributed by atoms with Crippen LogP contribution >= 0.6 is 0 Å². The van der Waals surface area contributed by atoms with E-state index in [1.54, 1.807) is 4.68 Å². The Morgan fingerprint density at radius 2 is 2.28 bits per heavy atom. The van der Waals surface area contributed by atoms with Gasteiger partial charge in [-0.15, -0.1) is 0 Å². The summed E-state index contributed by atoms with van der Waals surface area (Å²) in [5.74, 6) is 0.532. The number of nitrogens with zero attached hydrogens (tertiary/aromatic N) is 2. The van der Waals surface area contributed by atoms with E-state index in [0.717, 1.165) is 25.3 Å². The molecule has 0 saturated heterocycles. The molecule has 0 saturated carbocycles. The van der Waals surface area contributed by atoms with Gasteiger partial charge < -0.3 is 15.2 Å². The van der Waals surface area contributed by atoms with Crippen LogP contribution in [0, 0.1) is 5.92 Å². The lowest BCUT2D eigenvalue weighted by molar-refractivity contribution is 0.108. The Bertz CT molecular complexity index is 326. The molecule has 0 amide bonds. The Hall–Kier alpha value is -0.910. The lowest BCUT2D eigenvalue weighted by atomic mass is 10.1. The topological polar surface area (TPSA) is 59.3 Å². The molecule has 0 spiro atoms. The van der Waals surface area contributed by atoms with Crippen LogP contribution in [-0.2, 0) is 17.8 Å². The van der Waals surface area contributed by atoms with Crippen molar-refractivity contribution in [3.05, 3.63) is 18.0 Å². The van der Waals surface area contributed by atoms with Gasteiger partial charge in [-0.1, -0.05) is 13.8 Å². The van der Waals surface area contributed by atoms with Gasteiger partial charge in [-0.2, -0.15) is 5.10 Å². The molecule has 1 aromatic heterocycles. The van der Waals surface area contributed by atoms with E-state index in [1.807, 2.05) is 19.3 Å². The number of hydrogen-bond donors (Lipinski definition) is 2. The Balaban J connectivity index is 2.40. The van der Waals surface area contributed by atoms with E-state index in [2.05, 4.69) is 24.3 Å². The summed E-state index contributed by atoms with van der Waals surface area (Å²) in [6, 6.07) is 0.353. The lowest BCUT2D eigenvalue weighted by Gasteiger charge is -2.21. The van der Waals surface area contributed by atoms with Crippen molar-refractivity contribution in [1.82, 2.24) is 15.1 Å². The second kappa shape index (κ2) is 8.24. The van der Waals surface area contributed by atoms with Gasteiger partial charge in [0.25, 0.3) is 0 Å². The minimum absolute atomic E-state index is 0.119. The highest BCUT2D eigenvalue weighted by Gasteiger charge is 2.12. The van der Waals surface area contributed by atoms with Crippen LogP contribution in [0.4, 0.5) is 0 Å². The van der Waals surface area contributed by atoms with E-state index in [4.69, 9.17) is 9.84 Å².